The summed E-state index contributed by atoms with van der Waals surface area (Å²) in [6.45, 7) is 0.523. The third kappa shape index (κ3) is 4.24. The number of H-pyrrole nitrogens is 1. The maximum Gasteiger partial charge on any atom is 0.332 e. The fraction of sp³-hybridized carbons (Fsp3) is 0.304. The Kier molecular flexibility index (Phi) is 5.76. The number of carbonyl (C=O) groups is 1. The highest BCUT2D eigenvalue weighted by molar-refractivity contribution is 5.91. The van der Waals surface area contributed by atoms with Crippen LogP contribution in [0.25, 0.3) is 10.9 Å². The molecule has 3 aromatic heterocycles. The molecular weight excluding hydrogens is 452 g/mol. The summed E-state index contributed by atoms with van der Waals surface area (Å²) in [5, 5.41) is 35.3. The van der Waals surface area contributed by atoms with E-state index in [-0.39, 0.29) is 25.0 Å². The van der Waals surface area contributed by atoms with Crippen LogP contribution in [-0.4, -0.2) is 53.5 Å². The van der Waals surface area contributed by atoms with Crippen molar-refractivity contribution in [2.45, 2.75) is 37.5 Å². The van der Waals surface area contributed by atoms with E-state index in [4.69, 9.17) is 9.84 Å². The summed E-state index contributed by atoms with van der Waals surface area (Å²) < 4.78 is 7.23. The maximum atomic E-state index is 12.8. The Balaban J connectivity index is 1.49. The summed E-state index contributed by atoms with van der Waals surface area (Å²) >= 11 is 0. The molecule has 178 valence electrons. The molecule has 4 aromatic rings. The highest BCUT2D eigenvalue weighted by Gasteiger charge is 2.42. The molecule has 0 bridgehead atoms. The summed E-state index contributed by atoms with van der Waals surface area (Å²) in [5.41, 5.74) is 1.03. The van der Waals surface area contributed by atoms with Gasteiger partial charge in [0.15, 0.2) is 11.9 Å². The van der Waals surface area contributed by atoms with Crippen molar-refractivity contribution in [3.05, 3.63) is 64.8 Å². The molecule has 0 amide bonds. The van der Waals surface area contributed by atoms with Crippen molar-refractivity contribution >= 4 is 28.4 Å². The minimum atomic E-state index is -1.04. The van der Waals surface area contributed by atoms with Gasteiger partial charge in [0, 0.05) is 11.9 Å². The van der Waals surface area contributed by atoms with Gasteiger partial charge in [0.2, 0.25) is 0 Å². The first-order valence-corrected chi connectivity index (χ1v) is 11.0. The number of carboxylic acids is 1. The molecule has 3 N–H and O–H groups in total. The van der Waals surface area contributed by atoms with Crippen molar-refractivity contribution in [3.63, 3.8) is 0 Å². The molecular formula is C23H22N8O4. The number of hydrogen-bond acceptors (Lipinski definition) is 8. The zero-order valence-electron chi connectivity index (χ0n) is 18.6. The van der Waals surface area contributed by atoms with Crippen molar-refractivity contribution in [2.24, 2.45) is 0 Å². The number of anilines is 2. The second kappa shape index (κ2) is 9.03. The molecule has 1 aliphatic heterocycles. The molecule has 0 spiro atoms. The third-order valence-electron chi connectivity index (χ3n) is 6.17. The summed E-state index contributed by atoms with van der Waals surface area (Å²) in [6, 6.07) is 11.5. The fourth-order valence-corrected chi connectivity index (χ4v) is 4.38. The summed E-state index contributed by atoms with van der Waals surface area (Å²) in [6.07, 6.45) is 4.49. The zero-order chi connectivity index (χ0) is 24.4. The lowest BCUT2D eigenvalue weighted by atomic mass is 9.87. The molecule has 5 rings (SSSR count). The third-order valence-corrected chi connectivity index (χ3v) is 6.17. The van der Waals surface area contributed by atoms with Gasteiger partial charge in [-0.25, -0.2) is 4.79 Å². The molecule has 0 aliphatic carbocycles. The van der Waals surface area contributed by atoms with Crippen molar-refractivity contribution < 1.29 is 14.6 Å². The molecule has 12 nitrogen and oxygen atoms in total. The zero-order valence-corrected chi connectivity index (χ0v) is 18.6. The van der Waals surface area contributed by atoms with Crippen LogP contribution >= 0.6 is 0 Å². The van der Waals surface area contributed by atoms with Crippen LogP contribution in [0.15, 0.2) is 53.7 Å². The quantitative estimate of drug-likeness (QED) is 0.363. The number of pyridine rings is 1. The Hall–Kier alpha value is -4.50. The molecule has 1 fully saturated rings. The molecule has 2 atom stereocenters. The van der Waals surface area contributed by atoms with Crippen LogP contribution in [0.1, 0.15) is 24.8 Å². The maximum absolute atomic E-state index is 12.8. The van der Waals surface area contributed by atoms with Crippen LogP contribution in [0.2, 0.25) is 0 Å². The number of nitrogens with one attached hydrogen (secondary N) is 2. The number of aliphatic carboxylic acids is 1. The van der Waals surface area contributed by atoms with Gasteiger partial charge in [-0.3, -0.25) is 9.48 Å². The van der Waals surface area contributed by atoms with Gasteiger partial charge >= 0.3 is 5.97 Å². The lowest BCUT2D eigenvalue weighted by Gasteiger charge is -2.38. The number of benzene rings is 1. The lowest BCUT2D eigenvalue weighted by molar-refractivity contribution is -0.158. The smallest absolute Gasteiger partial charge is 0.332 e. The molecule has 1 saturated heterocycles. The summed E-state index contributed by atoms with van der Waals surface area (Å²) in [5.74, 6) is -0.701. The van der Waals surface area contributed by atoms with Crippen molar-refractivity contribution in [1.29, 1.82) is 5.26 Å². The van der Waals surface area contributed by atoms with Gasteiger partial charge in [0.05, 0.1) is 49.1 Å². The van der Waals surface area contributed by atoms with E-state index in [0.29, 0.717) is 29.7 Å². The molecule has 0 radical (unpaired) electrons. The van der Waals surface area contributed by atoms with E-state index in [1.165, 1.54) is 6.20 Å². The van der Waals surface area contributed by atoms with E-state index >= 15 is 0 Å². The van der Waals surface area contributed by atoms with Crippen LogP contribution in [0, 0.1) is 11.3 Å². The number of rotatable bonds is 7. The normalized spacial score (nSPS) is 19.9. The first kappa shape index (κ1) is 22.3. The predicted molar refractivity (Wildman–Crippen MR) is 124 cm³/mol. The van der Waals surface area contributed by atoms with Crippen molar-refractivity contribution in [2.75, 3.05) is 11.9 Å². The van der Waals surface area contributed by atoms with Crippen molar-refractivity contribution in [3.8, 4) is 6.07 Å². The Morgan fingerprint density at radius 1 is 1.29 bits per heavy atom. The molecule has 12 heteroatoms. The number of nitrogens with zero attached hydrogens (tertiary/aromatic N) is 6. The molecule has 35 heavy (non-hydrogen) atoms. The van der Waals surface area contributed by atoms with Crippen LogP contribution in [0.3, 0.4) is 0 Å². The average Bonchev–Trinajstić information content (AvgIpc) is 3.50. The SMILES string of the molecule is N#CCC1(n2nc(Nc3ccc(Cn4nccn4)cc3)c3c(=O)[nH]ccc32)CCC(C(=O)O)OC1. The predicted octanol–water partition coefficient (Wildman–Crippen LogP) is 1.98. The van der Waals surface area contributed by atoms with Gasteiger partial charge in [0.25, 0.3) is 5.56 Å². The minimum Gasteiger partial charge on any atom is -0.479 e. The topological polar surface area (TPSA) is 164 Å². The lowest BCUT2D eigenvalue weighted by Crippen LogP contribution is -2.46. The van der Waals surface area contributed by atoms with Gasteiger partial charge in [-0.2, -0.15) is 25.4 Å². The molecule has 1 aliphatic rings. The number of nitriles is 1. The highest BCUT2D eigenvalue weighted by atomic mass is 16.5. The van der Waals surface area contributed by atoms with Gasteiger partial charge in [-0.1, -0.05) is 12.1 Å². The van der Waals surface area contributed by atoms with E-state index in [1.807, 2.05) is 24.3 Å². The Morgan fingerprint density at radius 3 is 2.71 bits per heavy atom. The van der Waals surface area contributed by atoms with E-state index < -0.39 is 17.6 Å². The number of ether oxygens (including phenoxy) is 1. The van der Waals surface area contributed by atoms with E-state index in [1.54, 1.807) is 27.9 Å². The van der Waals surface area contributed by atoms with Gasteiger partial charge < -0.3 is 20.1 Å². The number of carboxylic acid groups (broad SMARTS) is 1. The van der Waals surface area contributed by atoms with Gasteiger partial charge in [-0.05, 0) is 36.6 Å². The summed E-state index contributed by atoms with van der Waals surface area (Å²) in [4.78, 5) is 28.4. The van der Waals surface area contributed by atoms with E-state index in [9.17, 15) is 20.0 Å². The Labute approximate surface area is 198 Å². The van der Waals surface area contributed by atoms with Crippen LogP contribution in [0.5, 0.6) is 0 Å². The fourth-order valence-electron chi connectivity index (χ4n) is 4.38. The highest BCUT2D eigenvalue weighted by Crippen LogP contribution is 2.37. The first-order valence-electron chi connectivity index (χ1n) is 11.0. The Morgan fingerprint density at radius 2 is 2.06 bits per heavy atom. The Bertz CT molecular complexity index is 1440. The number of hydrogen-bond donors (Lipinski definition) is 3. The number of aromatic amines is 1. The molecule has 2 unspecified atom stereocenters. The van der Waals surface area contributed by atoms with Gasteiger partial charge in [-0.15, -0.1) is 0 Å². The monoisotopic (exact) mass is 474 g/mol. The molecule has 1 aromatic carbocycles. The van der Waals surface area contributed by atoms with Crippen LogP contribution < -0.4 is 10.9 Å². The largest absolute Gasteiger partial charge is 0.479 e. The van der Waals surface area contributed by atoms with Gasteiger partial charge in [0.1, 0.15) is 5.39 Å². The molecule has 4 heterocycles. The van der Waals surface area contributed by atoms with E-state index in [0.717, 1.165) is 11.3 Å². The molecule has 0 saturated carbocycles. The summed E-state index contributed by atoms with van der Waals surface area (Å²) in [7, 11) is 0. The second-order valence-corrected chi connectivity index (χ2v) is 8.44. The standard InChI is InChI=1S/C23H22N8O4/c24-9-8-23(7-5-18(22(33)34)35-14-23)31-17-6-10-25-21(32)19(17)20(29-31)28-16-3-1-15(2-4-16)13-30-26-11-12-27-30/h1-4,6,10-12,18H,5,7-8,13-14H2,(H,25,32)(H,28,29)(H,33,34). The van der Waals surface area contributed by atoms with Crippen LogP contribution in [0.4, 0.5) is 11.5 Å². The van der Waals surface area contributed by atoms with E-state index in [2.05, 4.69) is 26.6 Å². The first-order chi connectivity index (χ1) is 17.0. The van der Waals surface area contributed by atoms with Crippen molar-refractivity contribution in [1.82, 2.24) is 29.8 Å². The number of aromatic nitrogens is 6. The average molecular weight is 474 g/mol. The second-order valence-electron chi connectivity index (χ2n) is 8.44. The minimum absolute atomic E-state index is 0.00327. The van der Waals surface area contributed by atoms with Crippen LogP contribution in [-0.2, 0) is 21.6 Å². The number of fused-ring (bicyclic) bond motifs is 1.